The molecule has 1 aliphatic heterocycles. The van der Waals surface area contributed by atoms with Crippen LogP contribution in [0.4, 0.5) is 0 Å². The van der Waals surface area contributed by atoms with Gasteiger partial charge < -0.3 is 34.6 Å². The van der Waals surface area contributed by atoms with Crippen molar-refractivity contribution in [2.24, 2.45) is 5.92 Å². The number of aliphatic hydroxyl groups excluding tert-OH is 1. The molecule has 0 radical (unpaired) electrons. The second-order valence-electron chi connectivity index (χ2n) is 11.6. The zero-order valence-corrected chi connectivity index (χ0v) is 24.8. The average Bonchev–Trinajstić information content (AvgIpc) is 2.97. The lowest BCUT2D eigenvalue weighted by Crippen LogP contribution is -2.46. The first-order valence-corrected chi connectivity index (χ1v) is 14.7. The van der Waals surface area contributed by atoms with Gasteiger partial charge >= 0.3 is 0 Å². The van der Waals surface area contributed by atoms with Crippen LogP contribution in [0.15, 0.2) is 29.8 Å². The van der Waals surface area contributed by atoms with Crippen molar-refractivity contribution in [3.05, 3.63) is 63.2 Å². The molecule has 1 fully saturated rings. The zero-order valence-electron chi connectivity index (χ0n) is 24.8. The summed E-state index contributed by atoms with van der Waals surface area (Å²) in [6, 6.07) is 4.63. The Bertz CT molecular complexity index is 1440. The molecule has 9 heteroatoms. The van der Waals surface area contributed by atoms with Crippen molar-refractivity contribution in [1.82, 2.24) is 0 Å². The fourth-order valence-electron chi connectivity index (χ4n) is 7.02. The summed E-state index contributed by atoms with van der Waals surface area (Å²) in [6.07, 6.45) is 1.32. The molecule has 5 rings (SSSR count). The van der Waals surface area contributed by atoms with Crippen molar-refractivity contribution in [1.29, 1.82) is 0 Å². The number of carbonyl (C=O) groups is 2. The van der Waals surface area contributed by atoms with Crippen molar-refractivity contribution in [2.75, 3.05) is 7.11 Å². The maximum atomic E-state index is 13.9. The number of phenols is 2. The first-order valence-electron chi connectivity index (χ1n) is 14.7. The molecule has 2 aromatic carbocycles. The van der Waals surface area contributed by atoms with Crippen molar-refractivity contribution in [3.63, 3.8) is 0 Å². The minimum Gasteiger partial charge on any atom is -0.507 e. The van der Waals surface area contributed by atoms with E-state index in [0.717, 1.165) is 12.0 Å². The third-order valence-corrected chi connectivity index (χ3v) is 9.21. The Kier molecular flexibility index (Phi) is 8.24. The monoisotopic (exact) mass is 580 g/mol. The second kappa shape index (κ2) is 11.4. The molecule has 4 N–H and O–H groups in total. The van der Waals surface area contributed by atoms with Gasteiger partial charge in [-0.3, -0.25) is 9.59 Å². The quantitative estimate of drug-likeness (QED) is 0.227. The Morgan fingerprint density at radius 2 is 1.83 bits per heavy atom. The minimum atomic E-state index is -1.45. The highest BCUT2D eigenvalue weighted by atomic mass is 16.7. The van der Waals surface area contributed by atoms with Gasteiger partial charge in [0, 0.05) is 36.0 Å². The van der Waals surface area contributed by atoms with E-state index in [1.54, 1.807) is 19.1 Å². The van der Waals surface area contributed by atoms with E-state index in [0.29, 0.717) is 19.3 Å². The van der Waals surface area contributed by atoms with E-state index in [2.05, 4.69) is 0 Å². The van der Waals surface area contributed by atoms with Crippen LogP contribution in [0.3, 0.4) is 0 Å². The normalized spacial score (nSPS) is 29.1. The number of aliphatic hydroxyl groups is 2. The van der Waals surface area contributed by atoms with E-state index < -0.39 is 53.3 Å². The van der Waals surface area contributed by atoms with E-state index in [4.69, 9.17) is 14.2 Å². The summed E-state index contributed by atoms with van der Waals surface area (Å²) < 4.78 is 17.8. The Balaban J connectivity index is 1.69. The first-order chi connectivity index (χ1) is 20.0. The van der Waals surface area contributed by atoms with Crippen LogP contribution < -0.4 is 4.74 Å². The SMILES string of the molecule is C/C=C(/CCC)[C@]1(O)Cc2c(O)c3c(c(O)c2[C@@H](O[C@H]2C[C@H](CC)[C@H](O)[C@H](C)O2)C1)C(=O)c1c(OC)cccc1C3=O. The third kappa shape index (κ3) is 4.72. The molecule has 2 aliphatic carbocycles. The number of methoxy groups -OCH3 is 1. The van der Waals surface area contributed by atoms with Crippen molar-refractivity contribution < 1.29 is 44.2 Å². The van der Waals surface area contributed by atoms with Gasteiger partial charge in [0.1, 0.15) is 17.2 Å². The summed E-state index contributed by atoms with van der Waals surface area (Å²) in [5, 5.41) is 46.1. The molecule has 1 heterocycles. The van der Waals surface area contributed by atoms with E-state index in [1.807, 2.05) is 26.8 Å². The van der Waals surface area contributed by atoms with E-state index >= 15 is 0 Å². The molecule has 0 spiro atoms. The number of aromatic hydroxyl groups is 2. The van der Waals surface area contributed by atoms with E-state index in [1.165, 1.54) is 13.2 Å². The number of rotatable bonds is 7. The number of ether oxygens (including phenoxy) is 3. The molecule has 0 bridgehead atoms. The zero-order chi connectivity index (χ0) is 30.5. The molecule has 3 aliphatic rings. The van der Waals surface area contributed by atoms with Gasteiger partial charge in [-0.25, -0.2) is 0 Å². The summed E-state index contributed by atoms with van der Waals surface area (Å²) in [5.41, 5.74) is -0.927. The molecule has 1 saturated heterocycles. The number of hydrogen-bond donors (Lipinski definition) is 4. The molecule has 226 valence electrons. The van der Waals surface area contributed by atoms with Crippen molar-refractivity contribution in [2.45, 2.75) is 96.4 Å². The van der Waals surface area contributed by atoms with Gasteiger partial charge in [0.2, 0.25) is 5.78 Å². The number of phenolic OH excluding ortho intramolecular Hbond substituents is 2. The van der Waals surface area contributed by atoms with Crippen LogP contribution in [0.2, 0.25) is 0 Å². The number of carbonyl (C=O) groups excluding carboxylic acids is 2. The van der Waals surface area contributed by atoms with Gasteiger partial charge in [-0.2, -0.15) is 0 Å². The number of allylic oxidation sites excluding steroid dienone is 1. The fourth-order valence-corrected chi connectivity index (χ4v) is 7.02. The van der Waals surface area contributed by atoms with E-state index in [9.17, 15) is 30.0 Å². The number of hydrogen-bond acceptors (Lipinski definition) is 9. The van der Waals surface area contributed by atoms with Crippen LogP contribution in [-0.4, -0.2) is 63.2 Å². The number of ketones is 2. The predicted octanol–water partition coefficient (Wildman–Crippen LogP) is 4.89. The van der Waals surface area contributed by atoms with Crippen LogP contribution >= 0.6 is 0 Å². The fraction of sp³-hybridized carbons (Fsp3) is 0.515. The summed E-state index contributed by atoms with van der Waals surface area (Å²) in [4.78, 5) is 27.6. The van der Waals surface area contributed by atoms with Crippen LogP contribution in [0.25, 0.3) is 0 Å². The van der Waals surface area contributed by atoms with E-state index in [-0.39, 0.29) is 57.9 Å². The average molecular weight is 581 g/mol. The Morgan fingerprint density at radius 3 is 2.48 bits per heavy atom. The highest BCUT2D eigenvalue weighted by Crippen LogP contribution is 2.54. The number of benzene rings is 2. The van der Waals surface area contributed by atoms with Gasteiger partial charge in [0.25, 0.3) is 0 Å². The second-order valence-corrected chi connectivity index (χ2v) is 11.6. The third-order valence-electron chi connectivity index (χ3n) is 9.21. The molecule has 0 amide bonds. The molecule has 0 saturated carbocycles. The minimum absolute atomic E-state index is 0.0142. The molecule has 9 nitrogen and oxygen atoms in total. The standard InChI is InChI=1S/C33H40O9/c1-6-10-18(8-3)33(39)14-20-25(22(15-33)42-23-13-17(7-2)28(34)16(4)41-23)32(38)27-26(30(20)36)29(35)19-11-9-12-21(40-5)24(19)31(27)37/h8-9,11-12,16-17,22-23,28,34,36,38-39H,6-7,10,13-15H2,1-5H3/b18-8-/t16-,17-,22-,23-,28+,33-/m0/s1. The van der Waals surface area contributed by atoms with Crippen LogP contribution in [-0.2, 0) is 15.9 Å². The van der Waals surface area contributed by atoms with Gasteiger partial charge in [-0.15, -0.1) is 0 Å². The topological polar surface area (TPSA) is 143 Å². The lowest BCUT2D eigenvalue weighted by Gasteiger charge is -2.44. The van der Waals surface area contributed by atoms with Crippen molar-refractivity contribution >= 4 is 11.6 Å². The lowest BCUT2D eigenvalue weighted by atomic mass is 9.70. The smallest absolute Gasteiger partial charge is 0.202 e. The molecular weight excluding hydrogens is 540 g/mol. The lowest BCUT2D eigenvalue weighted by molar-refractivity contribution is -0.256. The molecule has 0 unspecified atom stereocenters. The summed E-state index contributed by atoms with van der Waals surface area (Å²) in [5.74, 6) is -2.09. The molecule has 42 heavy (non-hydrogen) atoms. The first kappa shape index (κ1) is 30.2. The van der Waals surface area contributed by atoms with Crippen LogP contribution in [0, 0.1) is 5.92 Å². The molecular formula is C33H40O9. The molecule has 2 aromatic rings. The highest BCUT2D eigenvalue weighted by Gasteiger charge is 2.48. The summed E-state index contributed by atoms with van der Waals surface area (Å²) in [6.45, 7) is 7.58. The predicted molar refractivity (Wildman–Crippen MR) is 154 cm³/mol. The van der Waals surface area contributed by atoms with Crippen molar-refractivity contribution in [3.8, 4) is 17.2 Å². The Labute approximate surface area is 245 Å². The Morgan fingerprint density at radius 1 is 1.12 bits per heavy atom. The largest absolute Gasteiger partial charge is 0.507 e. The summed E-state index contributed by atoms with van der Waals surface area (Å²) >= 11 is 0. The van der Waals surface area contributed by atoms with Gasteiger partial charge in [0.15, 0.2) is 12.1 Å². The van der Waals surface area contributed by atoms with Crippen LogP contribution in [0.5, 0.6) is 17.2 Å². The highest BCUT2D eigenvalue weighted by molar-refractivity contribution is 6.31. The van der Waals surface area contributed by atoms with Crippen LogP contribution in [0.1, 0.15) is 109 Å². The Hall–Kier alpha value is -3.24. The van der Waals surface area contributed by atoms with Gasteiger partial charge in [-0.1, -0.05) is 44.9 Å². The maximum Gasteiger partial charge on any atom is 0.202 e. The molecule has 6 atom stereocenters. The van der Waals surface area contributed by atoms with Gasteiger partial charge in [-0.05, 0) is 37.8 Å². The number of fused-ring (bicyclic) bond motifs is 3. The molecule has 0 aromatic heterocycles. The van der Waals surface area contributed by atoms with Gasteiger partial charge in [0.05, 0.1) is 47.7 Å². The summed E-state index contributed by atoms with van der Waals surface area (Å²) in [7, 11) is 1.39. The maximum absolute atomic E-state index is 13.9.